The van der Waals surface area contributed by atoms with Gasteiger partial charge in [0, 0.05) is 117 Å². The van der Waals surface area contributed by atoms with E-state index in [1.54, 1.807) is 24.8 Å². The summed E-state index contributed by atoms with van der Waals surface area (Å²) in [7, 11) is 0. The lowest BCUT2D eigenvalue weighted by atomic mass is 9.94. The van der Waals surface area contributed by atoms with Crippen LogP contribution in [0.5, 0.6) is 0 Å². The summed E-state index contributed by atoms with van der Waals surface area (Å²) >= 11 is 0. The summed E-state index contributed by atoms with van der Waals surface area (Å²) in [6.45, 7) is 0. The van der Waals surface area contributed by atoms with Crippen molar-refractivity contribution in [2.75, 3.05) is 0 Å². The van der Waals surface area contributed by atoms with E-state index < -0.39 is 0 Å². The Morgan fingerprint density at radius 2 is 0.583 bits per heavy atom. The van der Waals surface area contributed by atoms with E-state index in [1.807, 2.05) is 92.6 Å². The van der Waals surface area contributed by atoms with E-state index >= 15 is 0 Å². The average molecular weight is 1290 g/mol. The van der Waals surface area contributed by atoms with Crippen LogP contribution in [0.1, 0.15) is 127 Å². The third-order valence-corrected chi connectivity index (χ3v) is 19.6. The van der Waals surface area contributed by atoms with Crippen LogP contribution in [0.4, 0.5) is 0 Å². The standard InChI is InChI=1S/4C17H18N6O/c4*18-6-4-14(12-2-1-3-15(12)24)23-9-11(8-22-23)16-13-5-7-19-17(13)21-10-20-16/h4*5,7-10,12,14-15,24H,1-4H2,(H,19,20,21)/t2*12-,14+,15-;2*12-,14-,15-/m1010/s1. The molecule has 4 fully saturated rings. The molecule has 16 rings (SSSR count). The van der Waals surface area contributed by atoms with E-state index in [0.29, 0.717) is 25.7 Å². The van der Waals surface area contributed by atoms with Crippen molar-refractivity contribution in [1.82, 2.24) is 98.9 Å². The number of H-pyrrole nitrogens is 4. The monoisotopic (exact) mass is 1290 g/mol. The Kier molecular flexibility index (Phi) is 19.4. The normalized spacial score (nSPS) is 21.8. The number of aromatic nitrogens is 20. The van der Waals surface area contributed by atoms with Crippen molar-refractivity contribution >= 4 is 44.1 Å². The first-order chi connectivity index (χ1) is 47.1. The maximum absolute atomic E-state index is 10.2. The smallest absolute Gasteiger partial charge is 0.141 e. The molecule has 28 nitrogen and oxygen atoms in total. The number of aliphatic hydroxyl groups is 4. The molecule has 0 radical (unpaired) electrons. The number of aliphatic hydroxyl groups excluding tert-OH is 4. The molecule has 0 spiro atoms. The second kappa shape index (κ2) is 29.2. The summed E-state index contributed by atoms with van der Waals surface area (Å²) in [4.78, 5) is 46.6. The predicted molar refractivity (Wildman–Crippen MR) is 351 cm³/mol. The number of nitriles is 4. The minimum absolute atomic E-state index is 0.0788. The molecule has 4 aliphatic carbocycles. The maximum atomic E-state index is 10.2. The third-order valence-electron chi connectivity index (χ3n) is 19.6. The highest BCUT2D eigenvalue weighted by atomic mass is 16.3. The number of fused-ring (bicyclic) bond motifs is 4. The summed E-state index contributed by atoms with van der Waals surface area (Å²) < 4.78 is 7.27. The van der Waals surface area contributed by atoms with E-state index in [-0.39, 0.29) is 72.3 Å². The summed E-state index contributed by atoms with van der Waals surface area (Å²) in [6, 6.07) is 16.3. The molecular weight excluding hydrogens is 1220 g/mol. The van der Waals surface area contributed by atoms with Gasteiger partial charge < -0.3 is 40.4 Å². The Hall–Kier alpha value is -10.9. The van der Waals surface area contributed by atoms with Gasteiger partial charge in [0.05, 0.1) is 146 Å². The number of nitrogens with zero attached hydrogens (tertiary/aromatic N) is 20. The zero-order valence-electron chi connectivity index (χ0n) is 52.5. The molecule has 12 aromatic heterocycles. The number of rotatable bonds is 16. The number of nitrogens with one attached hydrogen (secondary N) is 4. The Morgan fingerprint density at radius 1 is 0.354 bits per heavy atom. The fourth-order valence-electron chi connectivity index (χ4n) is 14.8. The number of aromatic amines is 4. The van der Waals surface area contributed by atoms with Crippen LogP contribution < -0.4 is 0 Å². The third kappa shape index (κ3) is 13.3. The molecule has 96 heavy (non-hydrogen) atoms. The van der Waals surface area contributed by atoms with Gasteiger partial charge in [0.2, 0.25) is 0 Å². The Bertz CT molecular complexity index is 4160. The van der Waals surface area contributed by atoms with E-state index in [9.17, 15) is 41.5 Å². The summed E-state index contributed by atoms with van der Waals surface area (Å²) in [5.41, 5.74) is 9.94. The van der Waals surface area contributed by atoms with Gasteiger partial charge in [-0.15, -0.1) is 0 Å². The van der Waals surface area contributed by atoms with Crippen LogP contribution in [-0.2, 0) is 0 Å². The summed E-state index contributed by atoms with van der Waals surface area (Å²) in [6.07, 6.45) is 39.0. The Balaban J connectivity index is 0.000000116. The molecule has 488 valence electrons. The van der Waals surface area contributed by atoms with Crippen molar-refractivity contribution in [2.24, 2.45) is 23.7 Å². The Labute approximate surface area is 550 Å². The molecule has 4 saturated carbocycles. The van der Waals surface area contributed by atoms with Crippen LogP contribution in [0.3, 0.4) is 0 Å². The van der Waals surface area contributed by atoms with Gasteiger partial charge in [-0.2, -0.15) is 41.4 Å². The highest BCUT2D eigenvalue weighted by molar-refractivity contribution is 5.92. The zero-order chi connectivity index (χ0) is 66.1. The van der Waals surface area contributed by atoms with Crippen molar-refractivity contribution in [3.05, 3.63) is 124 Å². The molecule has 0 aliphatic heterocycles. The van der Waals surface area contributed by atoms with Gasteiger partial charge in [0.1, 0.15) is 47.9 Å². The number of hydrogen-bond donors (Lipinski definition) is 8. The van der Waals surface area contributed by atoms with Crippen LogP contribution in [0.2, 0.25) is 0 Å². The molecule has 0 saturated heterocycles. The first kappa shape index (κ1) is 63.9. The van der Waals surface area contributed by atoms with Crippen molar-refractivity contribution in [1.29, 1.82) is 21.0 Å². The lowest BCUT2D eigenvalue weighted by Crippen LogP contribution is -2.26. The molecule has 0 bridgehead atoms. The quantitative estimate of drug-likeness (QED) is 0.0446. The van der Waals surface area contributed by atoms with Crippen LogP contribution in [-0.4, -0.2) is 144 Å². The van der Waals surface area contributed by atoms with E-state index in [1.165, 1.54) is 25.3 Å². The van der Waals surface area contributed by atoms with Gasteiger partial charge in [-0.3, -0.25) is 18.7 Å². The fourth-order valence-corrected chi connectivity index (χ4v) is 14.8. The minimum atomic E-state index is -0.355. The molecule has 8 N–H and O–H groups in total. The van der Waals surface area contributed by atoms with Crippen LogP contribution in [0.25, 0.3) is 89.2 Å². The van der Waals surface area contributed by atoms with Crippen molar-refractivity contribution in [3.8, 4) is 69.3 Å². The molecule has 0 aromatic carbocycles. The van der Waals surface area contributed by atoms with Crippen molar-refractivity contribution in [2.45, 2.75) is 151 Å². The van der Waals surface area contributed by atoms with Crippen LogP contribution in [0, 0.1) is 69.0 Å². The second-order valence-electron chi connectivity index (χ2n) is 25.1. The second-order valence-corrected chi connectivity index (χ2v) is 25.1. The van der Waals surface area contributed by atoms with Gasteiger partial charge in [-0.25, -0.2) is 39.9 Å². The van der Waals surface area contributed by atoms with Gasteiger partial charge >= 0.3 is 0 Å². The maximum Gasteiger partial charge on any atom is 0.141 e. The van der Waals surface area contributed by atoms with Crippen molar-refractivity contribution < 1.29 is 20.4 Å². The molecule has 28 heteroatoms. The summed E-state index contributed by atoms with van der Waals surface area (Å²) in [5, 5.41) is 99.2. The van der Waals surface area contributed by atoms with Crippen LogP contribution >= 0.6 is 0 Å². The summed E-state index contributed by atoms with van der Waals surface area (Å²) in [5.74, 6) is 0.315. The largest absolute Gasteiger partial charge is 0.393 e. The lowest BCUT2D eigenvalue weighted by molar-refractivity contribution is 0.0974. The molecule has 12 heterocycles. The lowest BCUT2D eigenvalue weighted by Gasteiger charge is -2.24. The highest BCUT2D eigenvalue weighted by Gasteiger charge is 2.38. The molecule has 12 aromatic rings. The van der Waals surface area contributed by atoms with Gasteiger partial charge in [-0.1, -0.05) is 25.7 Å². The molecular formula is C68H72N24O4. The molecule has 0 amide bonds. The van der Waals surface area contributed by atoms with E-state index in [4.69, 9.17) is 0 Å². The predicted octanol–water partition coefficient (Wildman–Crippen LogP) is 9.75. The Morgan fingerprint density at radius 3 is 0.781 bits per heavy atom. The first-order valence-electron chi connectivity index (χ1n) is 32.6. The van der Waals surface area contributed by atoms with Gasteiger partial charge in [0.15, 0.2) is 0 Å². The topological polar surface area (TPSA) is 414 Å². The fraction of sp³-hybridized carbons (Fsp3) is 0.412. The van der Waals surface area contributed by atoms with Gasteiger partial charge in [0.25, 0.3) is 0 Å². The molecule has 0 unspecified atom stereocenters. The van der Waals surface area contributed by atoms with E-state index in [2.05, 4.69) is 104 Å². The van der Waals surface area contributed by atoms with Crippen molar-refractivity contribution in [3.63, 3.8) is 0 Å². The first-order valence-corrected chi connectivity index (χ1v) is 32.6. The minimum Gasteiger partial charge on any atom is -0.393 e. The highest BCUT2D eigenvalue weighted by Crippen LogP contribution is 2.42. The molecule has 4 aliphatic rings. The number of hydrogen-bond acceptors (Lipinski definition) is 20. The molecule has 12 atom stereocenters. The zero-order valence-corrected chi connectivity index (χ0v) is 52.5. The van der Waals surface area contributed by atoms with E-state index in [0.717, 1.165) is 166 Å². The SMILES string of the molecule is N#CC[C@@H]([C@@H]1CCC[C@@H]1O)n1cc(-c2ncnc3[nH]ccc23)cn1.N#CC[C@@H]([C@H]1CCC[C@H]1O)n1cc(-c2ncnc3[nH]ccc23)cn1.N#CC[C@H]([C@@H]1CCC[C@@H]1O)n1cc(-c2ncnc3[nH]ccc23)cn1.N#CC[C@H]([C@H]1CCC[C@H]1O)n1cc(-c2ncnc3[nH]ccc23)cn1. The average Bonchev–Trinajstić information content (AvgIpc) is 1.69. The van der Waals surface area contributed by atoms with Gasteiger partial charge in [-0.05, 0) is 75.6 Å². The van der Waals surface area contributed by atoms with Crippen LogP contribution in [0.15, 0.2) is 124 Å².